The molecular weight excluding hydrogens is 470 g/mol. The van der Waals surface area contributed by atoms with Crippen LogP contribution in [0.2, 0.25) is 0 Å². The van der Waals surface area contributed by atoms with Crippen molar-refractivity contribution in [3.8, 4) is 0 Å². The van der Waals surface area contributed by atoms with E-state index in [4.69, 9.17) is 0 Å². The number of hydrogen-bond donors (Lipinski definition) is 0. The second kappa shape index (κ2) is 11.4. The molecule has 4 aromatic carbocycles. The first-order chi connectivity index (χ1) is 17.9. The Kier molecular flexibility index (Phi) is 7.65. The van der Waals surface area contributed by atoms with Gasteiger partial charge in [0, 0.05) is 0 Å². The highest BCUT2D eigenvalue weighted by molar-refractivity contribution is 7.74. The van der Waals surface area contributed by atoms with Crippen LogP contribution >= 0.6 is 15.8 Å². The monoisotopic (exact) mass is 506 g/mol. The fourth-order valence-electron chi connectivity index (χ4n) is 7.00. The third-order valence-electron chi connectivity index (χ3n) is 8.41. The van der Waals surface area contributed by atoms with Gasteiger partial charge in [0.1, 0.15) is 0 Å². The fraction of sp³-hybridized carbons (Fsp3) is 0.294. The van der Waals surface area contributed by atoms with E-state index in [1.807, 2.05) is 0 Å². The summed E-state index contributed by atoms with van der Waals surface area (Å²) in [5.41, 5.74) is 1.58. The molecule has 0 aromatic heterocycles. The Hall–Kier alpha value is -2.26. The maximum absolute atomic E-state index is 2.40. The zero-order valence-electron chi connectivity index (χ0n) is 21.0. The Balaban J connectivity index is 1.38. The molecule has 2 aliphatic carbocycles. The lowest BCUT2D eigenvalue weighted by Gasteiger charge is -2.38. The third kappa shape index (κ3) is 4.96. The molecule has 2 heteroatoms. The molecule has 2 fully saturated rings. The summed E-state index contributed by atoms with van der Waals surface area (Å²) in [6.45, 7) is 0. The molecule has 4 atom stereocenters. The smallest absolute Gasteiger partial charge is 0.00976 e. The molecule has 0 saturated heterocycles. The average molecular weight is 507 g/mol. The molecular formula is C34H36P2. The van der Waals surface area contributed by atoms with Gasteiger partial charge >= 0.3 is 0 Å². The first-order valence-electron chi connectivity index (χ1n) is 13.7. The molecule has 36 heavy (non-hydrogen) atoms. The van der Waals surface area contributed by atoms with E-state index in [0.29, 0.717) is 0 Å². The summed E-state index contributed by atoms with van der Waals surface area (Å²) >= 11 is 0. The highest BCUT2D eigenvalue weighted by Gasteiger charge is 2.46. The molecule has 2 saturated carbocycles. The Bertz CT molecular complexity index is 1030. The van der Waals surface area contributed by atoms with E-state index < -0.39 is 0 Å². The maximum Gasteiger partial charge on any atom is -0.00976 e. The third-order valence-corrected chi connectivity index (χ3v) is 14.4. The van der Waals surface area contributed by atoms with Crippen LogP contribution in [-0.4, -0.2) is 11.3 Å². The molecule has 2 aliphatic rings. The molecule has 182 valence electrons. The quantitative estimate of drug-likeness (QED) is 0.227. The first kappa shape index (κ1) is 24.1. The predicted octanol–water partition coefficient (Wildman–Crippen LogP) is 7.59. The van der Waals surface area contributed by atoms with Gasteiger partial charge in [-0.25, -0.2) is 0 Å². The lowest BCUT2D eigenvalue weighted by Crippen LogP contribution is -2.34. The zero-order chi connectivity index (χ0) is 24.2. The standard InChI is InChI=1S/C34H36P2/c1-5-15-27(16-6-1)35(28-17-7-2-8-18-28)33-25-13-23-31(33)32-24-14-26-34(32)36(29-19-9-3-10-20-29)30-21-11-4-12-22-30/h1-12,15-22,31-34H,13-14,23-26H2/t31?,32?,33-,34?/m1/s1. The van der Waals surface area contributed by atoms with Crippen molar-refractivity contribution in [1.29, 1.82) is 0 Å². The van der Waals surface area contributed by atoms with E-state index in [1.54, 1.807) is 21.2 Å². The van der Waals surface area contributed by atoms with Gasteiger partial charge in [0.05, 0.1) is 0 Å². The second-order valence-electron chi connectivity index (χ2n) is 10.4. The SMILES string of the molecule is c1ccc(P(c2ccccc2)C2CCCC2C2CCC[C@H]2P(c2ccccc2)c2ccccc2)cc1. The Morgan fingerprint density at radius 3 is 0.917 bits per heavy atom. The second-order valence-corrected chi connectivity index (χ2v) is 15.3. The van der Waals surface area contributed by atoms with Crippen molar-refractivity contribution in [3.63, 3.8) is 0 Å². The average Bonchev–Trinajstić information content (AvgIpc) is 3.62. The van der Waals surface area contributed by atoms with E-state index in [0.717, 1.165) is 23.2 Å². The minimum atomic E-state index is -0.347. The van der Waals surface area contributed by atoms with Crippen molar-refractivity contribution in [2.45, 2.75) is 49.8 Å². The summed E-state index contributed by atoms with van der Waals surface area (Å²) in [5, 5.41) is 6.27. The van der Waals surface area contributed by atoms with Gasteiger partial charge in [0.25, 0.3) is 0 Å². The van der Waals surface area contributed by atoms with Gasteiger partial charge in [0.2, 0.25) is 0 Å². The number of benzene rings is 4. The zero-order valence-corrected chi connectivity index (χ0v) is 22.8. The highest BCUT2D eigenvalue weighted by atomic mass is 31.1. The van der Waals surface area contributed by atoms with Crippen LogP contribution in [0.1, 0.15) is 38.5 Å². The van der Waals surface area contributed by atoms with Crippen LogP contribution in [0.5, 0.6) is 0 Å². The van der Waals surface area contributed by atoms with Crippen LogP contribution in [0.15, 0.2) is 121 Å². The van der Waals surface area contributed by atoms with Crippen LogP contribution in [0.25, 0.3) is 0 Å². The van der Waals surface area contributed by atoms with Crippen LogP contribution < -0.4 is 21.2 Å². The molecule has 0 N–H and O–H groups in total. The summed E-state index contributed by atoms with van der Waals surface area (Å²) in [4.78, 5) is 0. The molecule has 0 radical (unpaired) electrons. The molecule has 0 aliphatic heterocycles. The summed E-state index contributed by atoms with van der Waals surface area (Å²) in [6.07, 6.45) is 8.39. The van der Waals surface area contributed by atoms with Gasteiger partial charge < -0.3 is 0 Å². The summed E-state index contributed by atoms with van der Waals surface area (Å²) in [6, 6.07) is 45.9. The largest absolute Gasteiger partial charge is 0.0622 e. The van der Waals surface area contributed by atoms with Crippen molar-refractivity contribution in [2.75, 3.05) is 0 Å². The van der Waals surface area contributed by atoms with Crippen LogP contribution in [0.4, 0.5) is 0 Å². The van der Waals surface area contributed by atoms with Crippen molar-refractivity contribution in [3.05, 3.63) is 121 Å². The Labute approximate surface area is 219 Å². The predicted molar refractivity (Wildman–Crippen MR) is 160 cm³/mol. The fourth-order valence-corrected chi connectivity index (χ4v) is 13.5. The Morgan fingerprint density at radius 2 is 0.639 bits per heavy atom. The van der Waals surface area contributed by atoms with E-state index >= 15 is 0 Å². The van der Waals surface area contributed by atoms with Gasteiger partial charge in [-0.15, -0.1) is 0 Å². The van der Waals surface area contributed by atoms with Gasteiger partial charge in [-0.1, -0.05) is 134 Å². The van der Waals surface area contributed by atoms with Crippen molar-refractivity contribution in [1.82, 2.24) is 0 Å². The van der Waals surface area contributed by atoms with E-state index in [1.165, 1.54) is 38.5 Å². The van der Waals surface area contributed by atoms with Crippen LogP contribution in [-0.2, 0) is 0 Å². The van der Waals surface area contributed by atoms with Crippen LogP contribution in [0.3, 0.4) is 0 Å². The van der Waals surface area contributed by atoms with E-state index in [-0.39, 0.29) is 15.8 Å². The lowest BCUT2D eigenvalue weighted by molar-refractivity contribution is 0.358. The maximum atomic E-state index is 2.40. The van der Waals surface area contributed by atoms with Gasteiger partial charge in [-0.05, 0) is 85.9 Å². The molecule has 3 unspecified atom stereocenters. The van der Waals surface area contributed by atoms with Crippen molar-refractivity contribution < 1.29 is 0 Å². The molecule has 0 amide bonds. The molecule has 4 aromatic rings. The summed E-state index contributed by atoms with van der Waals surface area (Å²) < 4.78 is 0. The molecule has 0 nitrogen and oxygen atoms in total. The summed E-state index contributed by atoms with van der Waals surface area (Å²) in [7, 11) is -0.694. The molecule has 0 heterocycles. The lowest BCUT2D eigenvalue weighted by atomic mass is 9.89. The first-order valence-corrected chi connectivity index (χ1v) is 16.5. The molecule has 6 rings (SSSR count). The van der Waals surface area contributed by atoms with E-state index in [9.17, 15) is 0 Å². The van der Waals surface area contributed by atoms with Crippen LogP contribution in [0, 0.1) is 11.8 Å². The van der Waals surface area contributed by atoms with Gasteiger partial charge in [0.15, 0.2) is 0 Å². The number of hydrogen-bond acceptors (Lipinski definition) is 0. The van der Waals surface area contributed by atoms with Gasteiger partial charge in [-0.3, -0.25) is 0 Å². The number of rotatable bonds is 7. The highest BCUT2D eigenvalue weighted by Crippen LogP contribution is 2.59. The van der Waals surface area contributed by atoms with E-state index in [2.05, 4.69) is 121 Å². The topological polar surface area (TPSA) is 0 Å². The molecule has 0 bridgehead atoms. The molecule has 0 spiro atoms. The Morgan fingerprint density at radius 1 is 0.361 bits per heavy atom. The minimum Gasteiger partial charge on any atom is -0.0622 e. The van der Waals surface area contributed by atoms with Gasteiger partial charge in [-0.2, -0.15) is 0 Å². The van der Waals surface area contributed by atoms with Crippen molar-refractivity contribution >= 4 is 37.1 Å². The van der Waals surface area contributed by atoms with Crippen molar-refractivity contribution in [2.24, 2.45) is 11.8 Å². The minimum absolute atomic E-state index is 0.347. The summed E-state index contributed by atoms with van der Waals surface area (Å²) in [5.74, 6) is 1.67. The normalized spacial score (nSPS) is 23.9.